The minimum atomic E-state index is -4.05. The van der Waals surface area contributed by atoms with E-state index in [4.69, 9.17) is 9.47 Å². The molecule has 7 nitrogen and oxygen atoms in total. The van der Waals surface area contributed by atoms with E-state index in [9.17, 15) is 26.8 Å². The number of esters is 1. The lowest BCUT2D eigenvalue weighted by atomic mass is 10.1. The molecule has 1 N–H and O–H groups in total. The molecule has 0 unspecified atom stereocenters. The Morgan fingerprint density at radius 2 is 1.62 bits per heavy atom. The molecule has 32 heavy (non-hydrogen) atoms. The Morgan fingerprint density at radius 3 is 2.31 bits per heavy atom. The monoisotopic (exact) mass is 461 g/mol. The van der Waals surface area contributed by atoms with E-state index in [1.165, 1.54) is 55.6 Å². The highest BCUT2D eigenvalue weighted by molar-refractivity contribution is 7.92. The molecule has 0 atom stereocenters. The molecule has 0 fully saturated rings. The fraction of sp³-hybridized carbons (Fsp3) is 0.0909. The lowest BCUT2D eigenvalue weighted by molar-refractivity contribution is 0.0474. The SMILES string of the molecule is COc1ccc(S(=O)(=O)Nc2ccccc2C(=O)OCC(=O)c2cc(F)ccc2F)cc1. The second-order valence-corrected chi connectivity index (χ2v) is 8.13. The average Bonchev–Trinajstić information content (AvgIpc) is 2.79. The lowest BCUT2D eigenvalue weighted by Crippen LogP contribution is -2.19. The number of ether oxygens (including phenoxy) is 2. The minimum absolute atomic E-state index is 0.0711. The molecule has 0 heterocycles. The van der Waals surface area contributed by atoms with Gasteiger partial charge in [-0.05, 0) is 54.6 Å². The van der Waals surface area contributed by atoms with Crippen LogP contribution in [0, 0.1) is 11.6 Å². The first-order chi connectivity index (χ1) is 15.2. The summed E-state index contributed by atoms with van der Waals surface area (Å²) in [5.41, 5.74) is -0.818. The summed E-state index contributed by atoms with van der Waals surface area (Å²) in [4.78, 5) is 24.5. The molecule has 3 rings (SSSR count). The Morgan fingerprint density at radius 1 is 0.938 bits per heavy atom. The van der Waals surface area contributed by atoms with Crippen molar-refractivity contribution in [1.82, 2.24) is 0 Å². The van der Waals surface area contributed by atoms with Crippen molar-refractivity contribution in [3.63, 3.8) is 0 Å². The first kappa shape index (κ1) is 22.9. The van der Waals surface area contributed by atoms with E-state index in [0.29, 0.717) is 11.8 Å². The minimum Gasteiger partial charge on any atom is -0.497 e. The molecule has 3 aromatic rings. The number of hydrogen-bond acceptors (Lipinski definition) is 6. The summed E-state index contributed by atoms with van der Waals surface area (Å²) in [5, 5.41) is 0. The third-order valence-electron chi connectivity index (χ3n) is 4.32. The number of Topliss-reactive ketones (excluding diaryl/α,β-unsaturated/α-hetero) is 1. The van der Waals surface area contributed by atoms with Crippen LogP contribution in [0.4, 0.5) is 14.5 Å². The third-order valence-corrected chi connectivity index (χ3v) is 5.71. The number of carbonyl (C=O) groups is 2. The van der Waals surface area contributed by atoms with E-state index in [2.05, 4.69) is 4.72 Å². The van der Waals surface area contributed by atoms with Crippen molar-refractivity contribution in [2.24, 2.45) is 0 Å². The summed E-state index contributed by atoms with van der Waals surface area (Å²) in [5.74, 6) is -3.29. The van der Waals surface area contributed by atoms with Crippen molar-refractivity contribution in [2.75, 3.05) is 18.4 Å². The molecule has 0 saturated heterocycles. The van der Waals surface area contributed by atoms with Crippen molar-refractivity contribution < 1.29 is 36.3 Å². The van der Waals surface area contributed by atoms with Gasteiger partial charge in [0.2, 0.25) is 5.78 Å². The van der Waals surface area contributed by atoms with Gasteiger partial charge < -0.3 is 9.47 Å². The van der Waals surface area contributed by atoms with Gasteiger partial charge >= 0.3 is 5.97 Å². The Labute approximate surface area is 182 Å². The van der Waals surface area contributed by atoms with Crippen LogP contribution in [0.1, 0.15) is 20.7 Å². The van der Waals surface area contributed by atoms with Crippen LogP contribution >= 0.6 is 0 Å². The highest BCUT2D eigenvalue weighted by atomic mass is 32.2. The summed E-state index contributed by atoms with van der Waals surface area (Å²) in [6.45, 7) is -0.862. The van der Waals surface area contributed by atoms with Gasteiger partial charge in [0.05, 0.1) is 28.8 Å². The Hall–Kier alpha value is -3.79. The fourth-order valence-electron chi connectivity index (χ4n) is 2.71. The topological polar surface area (TPSA) is 98.8 Å². The summed E-state index contributed by atoms with van der Waals surface area (Å²) in [7, 11) is -2.61. The standard InChI is InChI=1S/C22H17F2NO6S/c1-30-15-7-9-16(10-8-15)32(28,29)25-20-5-3-2-4-17(20)22(27)31-13-21(26)18-12-14(23)6-11-19(18)24/h2-12,25H,13H2,1H3. The number of ketones is 1. The largest absolute Gasteiger partial charge is 0.497 e. The zero-order chi connectivity index (χ0) is 23.3. The summed E-state index contributed by atoms with van der Waals surface area (Å²) >= 11 is 0. The molecule has 10 heteroatoms. The van der Waals surface area contributed by atoms with Crippen LogP contribution in [0.3, 0.4) is 0 Å². The molecule has 0 aliphatic rings. The van der Waals surface area contributed by atoms with Crippen molar-refractivity contribution in [3.8, 4) is 5.75 Å². The first-order valence-electron chi connectivity index (χ1n) is 9.12. The number of anilines is 1. The number of hydrogen-bond donors (Lipinski definition) is 1. The van der Waals surface area contributed by atoms with E-state index in [1.807, 2.05) is 0 Å². The molecule has 0 radical (unpaired) electrons. The number of para-hydroxylation sites is 1. The van der Waals surface area contributed by atoms with Gasteiger partial charge in [0.15, 0.2) is 6.61 Å². The number of carbonyl (C=O) groups excluding carboxylic acids is 2. The second-order valence-electron chi connectivity index (χ2n) is 6.45. The number of halogens is 2. The molecule has 166 valence electrons. The van der Waals surface area contributed by atoms with Crippen LogP contribution in [-0.4, -0.2) is 33.9 Å². The van der Waals surface area contributed by atoms with Crippen molar-refractivity contribution in [1.29, 1.82) is 0 Å². The van der Waals surface area contributed by atoms with E-state index < -0.39 is 45.6 Å². The van der Waals surface area contributed by atoms with Crippen LogP contribution in [0.25, 0.3) is 0 Å². The van der Waals surface area contributed by atoms with E-state index in [1.54, 1.807) is 0 Å². The molecular formula is C22H17F2NO6S. The normalized spacial score (nSPS) is 11.0. The van der Waals surface area contributed by atoms with Gasteiger partial charge in [-0.2, -0.15) is 0 Å². The lowest BCUT2D eigenvalue weighted by Gasteiger charge is -2.12. The summed E-state index contributed by atoms with van der Waals surface area (Å²) in [6, 6.07) is 13.5. The maximum absolute atomic E-state index is 13.7. The van der Waals surface area contributed by atoms with Gasteiger partial charge in [0, 0.05) is 0 Å². The predicted molar refractivity (Wildman–Crippen MR) is 111 cm³/mol. The molecule has 0 bridgehead atoms. The molecule has 0 amide bonds. The zero-order valence-electron chi connectivity index (χ0n) is 16.7. The number of nitrogens with one attached hydrogen (secondary N) is 1. The van der Waals surface area contributed by atoms with Crippen LogP contribution in [-0.2, 0) is 14.8 Å². The van der Waals surface area contributed by atoms with E-state index in [-0.39, 0.29) is 16.1 Å². The molecule has 0 spiro atoms. The Kier molecular flexibility index (Phi) is 6.84. The van der Waals surface area contributed by atoms with Crippen LogP contribution in [0.15, 0.2) is 71.6 Å². The van der Waals surface area contributed by atoms with Crippen LogP contribution in [0.5, 0.6) is 5.75 Å². The number of sulfonamides is 1. The summed E-state index contributed by atoms with van der Waals surface area (Å²) in [6.07, 6.45) is 0. The maximum atomic E-state index is 13.7. The van der Waals surface area contributed by atoms with Gasteiger partial charge in [-0.15, -0.1) is 0 Å². The highest BCUT2D eigenvalue weighted by Crippen LogP contribution is 2.22. The Bertz CT molecular complexity index is 1260. The second kappa shape index (κ2) is 9.56. The molecule has 0 saturated carbocycles. The number of methoxy groups -OCH3 is 1. The van der Waals surface area contributed by atoms with Gasteiger partial charge in [0.1, 0.15) is 17.4 Å². The summed E-state index contributed by atoms with van der Waals surface area (Å²) < 4.78 is 64.5. The van der Waals surface area contributed by atoms with Gasteiger partial charge in [-0.25, -0.2) is 22.0 Å². The highest BCUT2D eigenvalue weighted by Gasteiger charge is 2.21. The average molecular weight is 461 g/mol. The Balaban J connectivity index is 1.76. The van der Waals surface area contributed by atoms with E-state index in [0.717, 1.165) is 12.1 Å². The van der Waals surface area contributed by atoms with Gasteiger partial charge in [-0.3, -0.25) is 9.52 Å². The zero-order valence-corrected chi connectivity index (χ0v) is 17.5. The first-order valence-corrected chi connectivity index (χ1v) is 10.6. The van der Waals surface area contributed by atoms with E-state index >= 15 is 0 Å². The van der Waals surface area contributed by atoms with Crippen LogP contribution < -0.4 is 9.46 Å². The maximum Gasteiger partial charge on any atom is 0.340 e. The van der Waals surface area contributed by atoms with Crippen LogP contribution in [0.2, 0.25) is 0 Å². The third kappa shape index (κ3) is 5.27. The van der Waals surface area contributed by atoms with Crippen molar-refractivity contribution in [3.05, 3.63) is 89.5 Å². The van der Waals surface area contributed by atoms with Gasteiger partial charge in [-0.1, -0.05) is 12.1 Å². The van der Waals surface area contributed by atoms with Gasteiger partial charge in [0.25, 0.3) is 10.0 Å². The van der Waals surface area contributed by atoms with Crippen molar-refractivity contribution >= 4 is 27.5 Å². The molecular weight excluding hydrogens is 444 g/mol. The quantitative estimate of drug-likeness (QED) is 0.405. The number of rotatable bonds is 8. The molecule has 0 aliphatic carbocycles. The fourth-order valence-corrected chi connectivity index (χ4v) is 3.79. The molecule has 0 aromatic heterocycles. The number of benzene rings is 3. The molecule has 3 aromatic carbocycles. The smallest absolute Gasteiger partial charge is 0.340 e. The molecule has 0 aliphatic heterocycles. The predicted octanol–water partition coefficient (Wildman–Crippen LogP) is 3.81. The van der Waals surface area contributed by atoms with Crippen molar-refractivity contribution in [2.45, 2.75) is 4.90 Å².